The molecule has 0 bridgehead atoms. The van der Waals surface area contributed by atoms with Crippen molar-refractivity contribution in [1.82, 2.24) is 4.98 Å². The van der Waals surface area contributed by atoms with Gasteiger partial charge >= 0.3 is 6.18 Å². The van der Waals surface area contributed by atoms with Gasteiger partial charge in [0.25, 0.3) is 0 Å². The number of benzene rings is 1. The van der Waals surface area contributed by atoms with Crippen LogP contribution in [-0.2, 0) is 12.6 Å². The molecule has 2 atom stereocenters. The van der Waals surface area contributed by atoms with Crippen molar-refractivity contribution in [3.8, 4) is 11.1 Å². The van der Waals surface area contributed by atoms with E-state index in [4.69, 9.17) is 0 Å². The molecular formula is C15H9F6NO. The standard InChI is InChI=1S/C15H9F6NO/c16-7-1-6(2-8(17)3-7)10-5-22-14(15(19,20)21)12-9(10)4-11(18)13(12)23/h1-3,5,11,13,23H,4H2/t11-,13-/m1/s1. The summed E-state index contributed by atoms with van der Waals surface area (Å²) in [5, 5.41) is 9.71. The Bertz CT molecular complexity index is 753. The summed E-state index contributed by atoms with van der Waals surface area (Å²) >= 11 is 0. The summed E-state index contributed by atoms with van der Waals surface area (Å²) in [5.41, 5.74) is -2.31. The van der Waals surface area contributed by atoms with Gasteiger partial charge in [0, 0.05) is 29.8 Å². The van der Waals surface area contributed by atoms with E-state index >= 15 is 0 Å². The molecule has 0 saturated heterocycles. The zero-order valence-electron chi connectivity index (χ0n) is 11.3. The Morgan fingerprint density at radius 1 is 1.09 bits per heavy atom. The predicted octanol–water partition coefficient (Wildman–Crippen LogP) is 3.97. The van der Waals surface area contributed by atoms with Crippen LogP contribution >= 0.6 is 0 Å². The second kappa shape index (κ2) is 5.23. The second-order valence-electron chi connectivity index (χ2n) is 5.23. The van der Waals surface area contributed by atoms with Gasteiger partial charge < -0.3 is 5.11 Å². The molecule has 122 valence electrons. The van der Waals surface area contributed by atoms with Gasteiger partial charge in [-0.05, 0) is 23.3 Å². The van der Waals surface area contributed by atoms with Crippen LogP contribution in [0.1, 0.15) is 22.9 Å². The largest absolute Gasteiger partial charge is 0.433 e. The number of alkyl halides is 4. The van der Waals surface area contributed by atoms with E-state index in [0.29, 0.717) is 6.07 Å². The van der Waals surface area contributed by atoms with E-state index in [1.54, 1.807) is 0 Å². The molecule has 8 heteroatoms. The third-order valence-electron chi connectivity index (χ3n) is 3.71. The van der Waals surface area contributed by atoms with Gasteiger partial charge in [-0.15, -0.1) is 0 Å². The summed E-state index contributed by atoms with van der Waals surface area (Å²) in [7, 11) is 0. The zero-order valence-corrected chi connectivity index (χ0v) is 11.3. The van der Waals surface area contributed by atoms with Gasteiger partial charge in [-0.3, -0.25) is 4.98 Å². The molecule has 2 aromatic rings. The van der Waals surface area contributed by atoms with E-state index < -0.39 is 47.8 Å². The first-order valence-corrected chi connectivity index (χ1v) is 6.56. The Labute approximate surface area is 126 Å². The lowest BCUT2D eigenvalue weighted by atomic mass is 9.97. The maximum Gasteiger partial charge on any atom is 0.433 e. The Hall–Kier alpha value is -2.09. The molecule has 1 aliphatic carbocycles. The van der Waals surface area contributed by atoms with Crippen molar-refractivity contribution in [3.63, 3.8) is 0 Å². The molecule has 23 heavy (non-hydrogen) atoms. The average Bonchev–Trinajstić information content (AvgIpc) is 2.72. The summed E-state index contributed by atoms with van der Waals surface area (Å²) in [6, 6.07) is 2.42. The fraction of sp³-hybridized carbons (Fsp3) is 0.267. The van der Waals surface area contributed by atoms with Crippen LogP contribution in [0.15, 0.2) is 24.4 Å². The highest BCUT2D eigenvalue weighted by atomic mass is 19.4. The molecule has 1 aromatic carbocycles. The number of pyridine rings is 1. The highest BCUT2D eigenvalue weighted by molar-refractivity contribution is 5.70. The van der Waals surface area contributed by atoms with Gasteiger partial charge in [0.15, 0.2) is 5.69 Å². The molecule has 1 N–H and O–H groups in total. The number of fused-ring (bicyclic) bond motifs is 1. The van der Waals surface area contributed by atoms with Gasteiger partial charge in [-0.1, -0.05) is 0 Å². The minimum Gasteiger partial charge on any atom is -0.385 e. The number of aliphatic hydroxyl groups is 1. The maximum absolute atomic E-state index is 13.7. The molecule has 0 radical (unpaired) electrons. The first-order chi connectivity index (χ1) is 10.7. The first kappa shape index (κ1) is 15.8. The van der Waals surface area contributed by atoms with Crippen LogP contribution in [0.25, 0.3) is 11.1 Å². The second-order valence-corrected chi connectivity index (χ2v) is 5.23. The van der Waals surface area contributed by atoms with E-state index in [1.165, 1.54) is 0 Å². The molecule has 3 rings (SSSR count). The molecule has 0 unspecified atom stereocenters. The molecule has 1 aromatic heterocycles. The van der Waals surface area contributed by atoms with Crippen molar-refractivity contribution >= 4 is 0 Å². The normalized spacial score (nSPS) is 20.7. The number of aliphatic hydroxyl groups excluding tert-OH is 1. The number of aromatic nitrogens is 1. The highest BCUT2D eigenvalue weighted by Gasteiger charge is 2.44. The third-order valence-corrected chi connectivity index (χ3v) is 3.71. The van der Waals surface area contributed by atoms with Crippen LogP contribution in [0, 0.1) is 11.6 Å². The molecule has 0 fully saturated rings. The number of hydrogen-bond donors (Lipinski definition) is 1. The minimum absolute atomic E-state index is 0.0365. The monoisotopic (exact) mass is 333 g/mol. The third kappa shape index (κ3) is 2.67. The van der Waals surface area contributed by atoms with Gasteiger partial charge in [-0.2, -0.15) is 13.2 Å². The average molecular weight is 333 g/mol. The van der Waals surface area contributed by atoms with Crippen molar-refractivity contribution in [3.05, 3.63) is 52.9 Å². The fourth-order valence-electron chi connectivity index (χ4n) is 2.77. The van der Waals surface area contributed by atoms with Gasteiger partial charge in [0.2, 0.25) is 0 Å². The van der Waals surface area contributed by atoms with Crippen molar-refractivity contribution in [1.29, 1.82) is 0 Å². The molecule has 0 aliphatic heterocycles. The summed E-state index contributed by atoms with van der Waals surface area (Å²) in [6.45, 7) is 0. The molecule has 0 spiro atoms. The van der Waals surface area contributed by atoms with Crippen LogP contribution in [0.3, 0.4) is 0 Å². The van der Waals surface area contributed by atoms with E-state index in [2.05, 4.69) is 4.98 Å². The Kier molecular flexibility index (Phi) is 3.59. The minimum atomic E-state index is -4.87. The van der Waals surface area contributed by atoms with E-state index in [0.717, 1.165) is 18.3 Å². The van der Waals surface area contributed by atoms with E-state index in [1.807, 2.05) is 0 Å². The molecule has 0 saturated carbocycles. The zero-order chi connectivity index (χ0) is 16.9. The predicted molar refractivity (Wildman–Crippen MR) is 68.2 cm³/mol. The lowest BCUT2D eigenvalue weighted by Gasteiger charge is -2.16. The molecule has 0 amide bonds. The number of halogens is 6. The van der Waals surface area contributed by atoms with Crippen molar-refractivity contribution < 1.29 is 31.4 Å². The lowest BCUT2D eigenvalue weighted by molar-refractivity contribution is -0.142. The first-order valence-electron chi connectivity index (χ1n) is 6.56. The van der Waals surface area contributed by atoms with Crippen molar-refractivity contribution in [2.45, 2.75) is 24.9 Å². The molecular weight excluding hydrogens is 324 g/mol. The molecule has 1 aliphatic rings. The summed E-state index contributed by atoms with van der Waals surface area (Å²) in [6.07, 6.45) is -8.49. The van der Waals surface area contributed by atoms with Gasteiger partial charge in [-0.25, -0.2) is 13.2 Å². The van der Waals surface area contributed by atoms with Gasteiger partial charge in [0.05, 0.1) is 0 Å². The van der Waals surface area contributed by atoms with E-state index in [-0.39, 0.29) is 16.7 Å². The summed E-state index contributed by atoms with van der Waals surface area (Å²) < 4.78 is 79.4. The van der Waals surface area contributed by atoms with Crippen LogP contribution in [-0.4, -0.2) is 16.3 Å². The number of hydrogen-bond acceptors (Lipinski definition) is 2. The Balaban J connectivity index is 2.26. The topological polar surface area (TPSA) is 33.1 Å². The quantitative estimate of drug-likeness (QED) is 0.801. The number of rotatable bonds is 1. The SMILES string of the molecule is O[C@H]1c2c(C(F)(F)F)ncc(-c3cc(F)cc(F)c3)c2C[C@H]1F. The Morgan fingerprint density at radius 2 is 1.70 bits per heavy atom. The van der Waals surface area contributed by atoms with Gasteiger partial charge in [0.1, 0.15) is 23.9 Å². The van der Waals surface area contributed by atoms with Crippen LogP contribution < -0.4 is 0 Å². The van der Waals surface area contributed by atoms with Crippen LogP contribution in [0.5, 0.6) is 0 Å². The maximum atomic E-state index is 13.7. The van der Waals surface area contributed by atoms with Crippen LogP contribution in [0.4, 0.5) is 26.3 Å². The molecule has 2 nitrogen and oxygen atoms in total. The number of nitrogens with zero attached hydrogens (tertiary/aromatic N) is 1. The molecule has 1 heterocycles. The summed E-state index contributed by atoms with van der Waals surface area (Å²) in [4.78, 5) is 3.25. The van der Waals surface area contributed by atoms with Crippen molar-refractivity contribution in [2.75, 3.05) is 0 Å². The Morgan fingerprint density at radius 3 is 2.26 bits per heavy atom. The smallest absolute Gasteiger partial charge is 0.385 e. The van der Waals surface area contributed by atoms with E-state index in [9.17, 15) is 31.4 Å². The fourth-order valence-corrected chi connectivity index (χ4v) is 2.77. The lowest BCUT2D eigenvalue weighted by Crippen LogP contribution is -2.15. The summed E-state index contributed by atoms with van der Waals surface area (Å²) in [5.74, 6) is -1.85. The van der Waals surface area contributed by atoms with Crippen molar-refractivity contribution in [2.24, 2.45) is 0 Å². The highest BCUT2D eigenvalue weighted by Crippen LogP contribution is 2.45. The van der Waals surface area contributed by atoms with Crippen LogP contribution in [0.2, 0.25) is 0 Å².